The Morgan fingerprint density at radius 2 is 1.71 bits per heavy atom. The van der Waals surface area contributed by atoms with Gasteiger partial charge in [-0.25, -0.2) is 8.78 Å². The van der Waals surface area contributed by atoms with Crippen LogP contribution in [0.3, 0.4) is 0 Å². The molecule has 3 rings (SSSR count). The van der Waals surface area contributed by atoms with Gasteiger partial charge in [0, 0.05) is 11.8 Å². The molecule has 0 spiro atoms. The number of rotatable bonds is 5. The number of pyridine rings is 1. The zero-order valence-corrected chi connectivity index (χ0v) is 14.7. The first kappa shape index (κ1) is 19.0. The van der Waals surface area contributed by atoms with E-state index in [-0.39, 0.29) is 28.4 Å². The van der Waals surface area contributed by atoms with Gasteiger partial charge >= 0.3 is 0 Å². The van der Waals surface area contributed by atoms with Crippen LogP contribution in [0.25, 0.3) is 0 Å². The molecule has 0 aliphatic carbocycles. The van der Waals surface area contributed by atoms with Gasteiger partial charge in [-0.3, -0.25) is 14.6 Å². The highest BCUT2D eigenvalue weighted by molar-refractivity contribution is 6.09. The molecule has 0 radical (unpaired) electrons. The van der Waals surface area contributed by atoms with Crippen molar-refractivity contribution >= 4 is 23.2 Å². The molecule has 0 aliphatic heterocycles. The van der Waals surface area contributed by atoms with E-state index in [4.69, 9.17) is 4.74 Å². The number of aromatic nitrogens is 1. The van der Waals surface area contributed by atoms with Crippen molar-refractivity contribution in [3.8, 4) is 5.75 Å². The maximum Gasteiger partial charge on any atom is 0.274 e. The van der Waals surface area contributed by atoms with Crippen molar-refractivity contribution in [3.05, 3.63) is 83.7 Å². The average Bonchev–Trinajstić information content (AvgIpc) is 2.70. The van der Waals surface area contributed by atoms with Gasteiger partial charge in [-0.05, 0) is 48.5 Å². The molecule has 0 saturated heterocycles. The first-order valence-corrected chi connectivity index (χ1v) is 8.15. The normalized spacial score (nSPS) is 10.2. The molecule has 28 heavy (non-hydrogen) atoms. The average molecular weight is 383 g/mol. The van der Waals surface area contributed by atoms with Crippen LogP contribution in [0.15, 0.2) is 60.8 Å². The molecule has 1 aromatic heterocycles. The summed E-state index contributed by atoms with van der Waals surface area (Å²) in [5.74, 6) is -2.55. The van der Waals surface area contributed by atoms with Gasteiger partial charge in [0.1, 0.15) is 11.5 Å². The van der Waals surface area contributed by atoms with Crippen LogP contribution in [0, 0.1) is 11.6 Å². The molecule has 8 heteroatoms. The maximum atomic E-state index is 13.8. The SMILES string of the molecule is COc1ccc(C(=O)Nc2cc(F)ccc2NC(=O)c2ccccn2)cc1F. The number of halogens is 2. The third-order valence-corrected chi connectivity index (χ3v) is 3.79. The number of nitrogens with one attached hydrogen (secondary N) is 2. The number of hydrogen-bond acceptors (Lipinski definition) is 4. The van der Waals surface area contributed by atoms with Crippen molar-refractivity contribution in [2.45, 2.75) is 0 Å². The van der Waals surface area contributed by atoms with Gasteiger partial charge < -0.3 is 15.4 Å². The fourth-order valence-electron chi connectivity index (χ4n) is 2.41. The van der Waals surface area contributed by atoms with E-state index in [1.165, 1.54) is 37.6 Å². The molecule has 0 unspecified atom stereocenters. The zero-order valence-electron chi connectivity index (χ0n) is 14.7. The molecule has 2 aromatic carbocycles. The first-order valence-electron chi connectivity index (χ1n) is 8.15. The Labute approximate surface area is 159 Å². The second kappa shape index (κ2) is 8.26. The van der Waals surface area contributed by atoms with Crippen LogP contribution in [-0.4, -0.2) is 23.9 Å². The van der Waals surface area contributed by atoms with E-state index in [0.717, 1.165) is 18.2 Å². The fraction of sp³-hybridized carbons (Fsp3) is 0.0500. The summed E-state index contributed by atoms with van der Waals surface area (Å²) in [5, 5.41) is 5.03. The van der Waals surface area contributed by atoms with E-state index < -0.39 is 23.4 Å². The van der Waals surface area contributed by atoms with Crippen LogP contribution in [0.2, 0.25) is 0 Å². The fourth-order valence-corrected chi connectivity index (χ4v) is 2.41. The van der Waals surface area contributed by atoms with Crippen molar-refractivity contribution in [2.75, 3.05) is 17.7 Å². The number of hydrogen-bond donors (Lipinski definition) is 2. The van der Waals surface area contributed by atoms with Crippen LogP contribution in [0.1, 0.15) is 20.8 Å². The molecular weight excluding hydrogens is 368 g/mol. The van der Waals surface area contributed by atoms with Crippen LogP contribution >= 0.6 is 0 Å². The number of nitrogens with zero attached hydrogens (tertiary/aromatic N) is 1. The monoisotopic (exact) mass is 383 g/mol. The van der Waals surface area contributed by atoms with E-state index in [1.807, 2.05) is 0 Å². The largest absolute Gasteiger partial charge is 0.494 e. The quantitative estimate of drug-likeness (QED) is 0.701. The number of ether oxygens (including phenoxy) is 1. The summed E-state index contributed by atoms with van der Waals surface area (Å²) in [6.07, 6.45) is 1.46. The number of methoxy groups -OCH3 is 1. The number of carbonyl (C=O) groups is 2. The molecule has 0 bridgehead atoms. The summed E-state index contributed by atoms with van der Waals surface area (Å²) in [4.78, 5) is 28.6. The number of anilines is 2. The van der Waals surface area contributed by atoms with Gasteiger partial charge in [0.2, 0.25) is 0 Å². The van der Waals surface area contributed by atoms with Crippen molar-refractivity contribution < 1.29 is 23.1 Å². The van der Waals surface area contributed by atoms with Crippen LogP contribution in [-0.2, 0) is 0 Å². The lowest BCUT2D eigenvalue weighted by molar-refractivity contribution is 0.101. The third kappa shape index (κ3) is 4.29. The Morgan fingerprint density at radius 3 is 2.39 bits per heavy atom. The minimum absolute atomic E-state index is 0.00423. The van der Waals surface area contributed by atoms with E-state index in [2.05, 4.69) is 15.6 Å². The Hall–Kier alpha value is -3.81. The van der Waals surface area contributed by atoms with Crippen molar-refractivity contribution in [1.82, 2.24) is 4.98 Å². The van der Waals surface area contributed by atoms with E-state index in [9.17, 15) is 18.4 Å². The second-order valence-electron chi connectivity index (χ2n) is 5.66. The molecular formula is C20H15F2N3O3. The highest BCUT2D eigenvalue weighted by Crippen LogP contribution is 2.25. The highest BCUT2D eigenvalue weighted by Gasteiger charge is 2.15. The number of amides is 2. The molecule has 0 aliphatic rings. The minimum atomic E-state index is -0.710. The van der Waals surface area contributed by atoms with Crippen molar-refractivity contribution in [2.24, 2.45) is 0 Å². The molecule has 0 fully saturated rings. The lowest BCUT2D eigenvalue weighted by Crippen LogP contribution is -2.17. The molecule has 0 atom stereocenters. The van der Waals surface area contributed by atoms with E-state index in [1.54, 1.807) is 12.1 Å². The molecule has 2 amide bonds. The third-order valence-electron chi connectivity index (χ3n) is 3.79. The molecule has 1 heterocycles. The van der Waals surface area contributed by atoms with Crippen molar-refractivity contribution in [1.29, 1.82) is 0 Å². The summed E-state index contributed by atoms with van der Waals surface area (Å²) >= 11 is 0. The summed E-state index contributed by atoms with van der Waals surface area (Å²) in [5.41, 5.74) is 0.343. The number of benzene rings is 2. The summed E-state index contributed by atoms with van der Waals surface area (Å²) in [6, 6.07) is 12.0. The summed E-state index contributed by atoms with van der Waals surface area (Å²) < 4.78 is 32.3. The Balaban J connectivity index is 1.83. The van der Waals surface area contributed by atoms with Gasteiger partial charge in [0.25, 0.3) is 11.8 Å². The maximum absolute atomic E-state index is 13.8. The van der Waals surface area contributed by atoms with Crippen LogP contribution < -0.4 is 15.4 Å². The Bertz CT molecular complexity index is 1030. The predicted molar refractivity (Wildman–Crippen MR) is 99.5 cm³/mol. The van der Waals surface area contributed by atoms with Crippen LogP contribution in [0.5, 0.6) is 5.75 Å². The molecule has 3 aromatic rings. The van der Waals surface area contributed by atoms with E-state index >= 15 is 0 Å². The highest BCUT2D eigenvalue weighted by atomic mass is 19.1. The lowest BCUT2D eigenvalue weighted by Gasteiger charge is -2.13. The Kier molecular flexibility index (Phi) is 5.59. The first-order chi connectivity index (χ1) is 13.5. The molecule has 2 N–H and O–H groups in total. The predicted octanol–water partition coefficient (Wildman–Crippen LogP) is 3.87. The van der Waals surface area contributed by atoms with Gasteiger partial charge in [0.05, 0.1) is 18.5 Å². The van der Waals surface area contributed by atoms with Crippen molar-refractivity contribution in [3.63, 3.8) is 0 Å². The van der Waals surface area contributed by atoms with Gasteiger partial charge in [-0.1, -0.05) is 6.07 Å². The smallest absolute Gasteiger partial charge is 0.274 e. The van der Waals surface area contributed by atoms with Gasteiger partial charge in [0.15, 0.2) is 11.6 Å². The van der Waals surface area contributed by atoms with E-state index in [0.29, 0.717) is 0 Å². The minimum Gasteiger partial charge on any atom is -0.494 e. The molecule has 0 saturated carbocycles. The lowest BCUT2D eigenvalue weighted by atomic mass is 10.1. The van der Waals surface area contributed by atoms with Gasteiger partial charge in [-0.2, -0.15) is 0 Å². The molecule has 6 nitrogen and oxygen atoms in total. The zero-order chi connectivity index (χ0) is 20.1. The van der Waals surface area contributed by atoms with Crippen LogP contribution in [0.4, 0.5) is 20.2 Å². The topological polar surface area (TPSA) is 80.3 Å². The Morgan fingerprint density at radius 1 is 0.929 bits per heavy atom. The standard InChI is InChI=1S/C20H15F2N3O3/c1-28-18-8-5-12(10-14(18)22)19(26)25-17-11-13(21)6-7-15(17)24-20(27)16-4-2-3-9-23-16/h2-11H,1H3,(H,24,27)(H,25,26). The number of carbonyl (C=O) groups excluding carboxylic acids is 2. The van der Waals surface area contributed by atoms with Gasteiger partial charge in [-0.15, -0.1) is 0 Å². The molecule has 142 valence electrons. The second-order valence-corrected chi connectivity index (χ2v) is 5.66. The summed E-state index contributed by atoms with van der Waals surface area (Å²) in [7, 11) is 1.31. The summed E-state index contributed by atoms with van der Waals surface area (Å²) in [6.45, 7) is 0.